The first-order chi connectivity index (χ1) is 9.13. The second-order valence-corrected chi connectivity index (χ2v) is 5.79. The number of rotatable bonds is 2. The topological polar surface area (TPSA) is 73.9 Å². The van der Waals surface area contributed by atoms with E-state index < -0.39 is 0 Å². The van der Waals surface area contributed by atoms with Gasteiger partial charge >= 0.3 is 0 Å². The van der Waals surface area contributed by atoms with Crippen molar-refractivity contribution >= 4 is 5.91 Å². The Bertz CT molecular complexity index is 457. The third-order valence-corrected chi connectivity index (χ3v) is 4.48. The molecule has 3 heterocycles. The SMILES string of the molecule is Cc1nc(C(=O)NC2CC3CCCC(C2)N3C)n[nH]1. The zero-order valence-corrected chi connectivity index (χ0v) is 11.5. The van der Waals surface area contributed by atoms with Crippen LogP contribution in [0.3, 0.4) is 0 Å². The van der Waals surface area contributed by atoms with Gasteiger partial charge in [-0.05, 0) is 39.7 Å². The van der Waals surface area contributed by atoms with Crippen LogP contribution in [0.15, 0.2) is 0 Å². The van der Waals surface area contributed by atoms with Gasteiger partial charge < -0.3 is 10.2 Å². The van der Waals surface area contributed by atoms with Crippen molar-refractivity contribution in [1.29, 1.82) is 0 Å². The molecular weight excluding hydrogens is 242 g/mol. The van der Waals surface area contributed by atoms with Crippen molar-refractivity contribution in [2.45, 2.75) is 57.2 Å². The number of piperidine rings is 2. The van der Waals surface area contributed by atoms with E-state index in [1.165, 1.54) is 19.3 Å². The third kappa shape index (κ3) is 2.49. The highest BCUT2D eigenvalue weighted by molar-refractivity contribution is 5.90. The van der Waals surface area contributed by atoms with Gasteiger partial charge in [0.25, 0.3) is 5.91 Å². The molecule has 6 heteroatoms. The molecule has 2 atom stereocenters. The van der Waals surface area contributed by atoms with Gasteiger partial charge in [0, 0.05) is 18.1 Å². The van der Waals surface area contributed by atoms with Gasteiger partial charge in [-0.1, -0.05) is 6.42 Å². The lowest BCUT2D eigenvalue weighted by molar-refractivity contribution is 0.0461. The molecule has 2 unspecified atom stereocenters. The number of nitrogens with zero attached hydrogens (tertiary/aromatic N) is 3. The maximum absolute atomic E-state index is 12.1. The normalized spacial score (nSPS) is 31.2. The molecule has 2 bridgehead atoms. The van der Waals surface area contributed by atoms with Gasteiger partial charge in [0.15, 0.2) is 0 Å². The lowest BCUT2D eigenvalue weighted by Gasteiger charge is -2.47. The Morgan fingerprint density at radius 3 is 2.63 bits per heavy atom. The molecular formula is C13H21N5O. The van der Waals surface area contributed by atoms with Crippen LogP contribution in [0.2, 0.25) is 0 Å². The van der Waals surface area contributed by atoms with Gasteiger partial charge in [0.05, 0.1) is 0 Å². The van der Waals surface area contributed by atoms with Crippen LogP contribution in [0, 0.1) is 6.92 Å². The van der Waals surface area contributed by atoms with Gasteiger partial charge in [-0.2, -0.15) is 0 Å². The zero-order chi connectivity index (χ0) is 13.4. The minimum absolute atomic E-state index is 0.156. The summed E-state index contributed by atoms with van der Waals surface area (Å²) in [4.78, 5) is 18.6. The van der Waals surface area contributed by atoms with E-state index in [2.05, 4.69) is 32.4 Å². The van der Waals surface area contributed by atoms with Crippen LogP contribution in [-0.4, -0.2) is 51.2 Å². The quantitative estimate of drug-likeness (QED) is 0.830. The average Bonchev–Trinajstić information content (AvgIpc) is 2.77. The van der Waals surface area contributed by atoms with Crippen LogP contribution in [0.4, 0.5) is 0 Å². The van der Waals surface area contributed by atoms with Crippen molar-refractivity contribution in [2.24, 2.45) is 0 Å². The van der Waals surface area contributed by atoms with Gasteiger partial charge in [-0.15, -0.1) is 5.10 Å². The molecule has 2 fully saturated rings. The summed E-state index contributed by atoms with van der Waals surface area (Å²) in [7, 11) is 2.21. The number of carbonyl (C=O) groups is 1. The van der Waals surface area contributed by atoms with Crippen LogP contribution in [-0.2, 0) is 0 Å². The molecule has 104 valence electrons. The van der Waals surface area contributed by atoms with Gasteiger partial charge in [0.2, 0.25) is 5.82 Å². The molecule has 1 amide bonds. The molecule has 2 aliphatic heterocycles. The summed E-state index contributed by atoms with van der Waals surface area (Å²) in [6.07, 6.45) is 5.91. The number of aromatic amines is 1. The molecule has 1 aromatic heterocycles. The first-order valence-corrected chi connectivity index (χ1v) is 7.05. The van der Waals surface area contributed by atoms with E-state index >= 15 is 0 Å². The number of carbonyl (C=O) groups excluding carboxylic acids is 1. The Morgan fingerprint density at radius 1 is 1.37 bits per heavy atom. The Morgan fingerprint density at radius 2 is 2.05 bits per heavy atom. The second-order valence-electron chi connectivity index (χ2n) is 5.79. The van der Waals surface area contributed by atoms with E-state index in [1.54, 1.807) is 6.92 Å². The number of aromatic nitrogens is 3. The highest BCUT2D eigenvalue weighted by Gasteiger charge is 2.36. The summed E-state index contributed by atoms with van der Waals surface area (Å²) in [5.74, 6) is 0.768. The number of fused-ring (bicyclic) bond motifs is 2. The molecule has 2 aliphatic rings. The average molecular weight is 263 g/mol. The number of hydrogen-bond donors (Lipinski definition) is 2. The largest absolute Gasteiger partial charge is 0.346 e. The van der Waals surface area contributed by atoms with Crippen molar-refractivity contribution < 1.29 is 4.79 Å². The minimum Gasteiger partial charge on any atom is -0.346 e. The van der Waals surface area contributed by atoms with Crippen molar-refractivity contribution in [3.8, 4) is 0 Å². The lowest BCUT2D eigenvalue weighted by Crippen LogP contribution is -2.55. The number of hydrogen-bond acceptors (Lipinski definition) is 4. The van der Waals surface area contributed by atoms with Crippen molar-refractivity contribution in [1.82, 2.24) is 25.4 Å². The number of H-pyrrole nitrogens is 1. The van der Waals surface area contributed by atoms with E-state index in [4.69, 9.17) is 0 Å². The first-order valence-electron chi connectivity index (χ1n) is 7.05. The number of amides is 1. The van der Waals surface area contributed by atoms with E-state index in [0.717, 1.165) is 12.8 Å². The number of aryl methyl sites for hydroxylation is 1. The molecule has 0 saturated carbocycles. The molecule has 0 spiro atoms. The summed E-state index contributed by atoms with van der Waals surface area (Å²) >= 11 is 0. The Labute approximate surface area is 113 Å². The predicted octanol–water partition coefficient (Wildman–Crippen LogP) is 0.858. The monoisotopic (exact) mass is 263 g/mol. The van der Waals surface area contributed by atoms with E-state index in [1.807, 2.05) is 0 Å². The van der Waals surface area contributed by atoms with Crippen LogP contribution >= 0.6 is 0 Å². The van der Waals surface area contributed by atoms with Gasteiger partial charge in [0.1, 0.15) is 5.82 Å². The van der Waals surface area contributed by atoms with E-state index in [0.29, 0.717) is 17.9 Å². The molecule has 0 radical (unpaired) electrons. The molecule has 3 rings (SSSR count). The highest BCUT2D eigenvalue weighted by atomic mass is 16.2. The van der Waals surface area contributed by atoms with E-state index in [-0.39, 0.29) is 17.8 Å². The van der Waals surface area contributed by atoms with Crippen LogP contribution in [0.5, 0.6) is 0 Å². The predicted molar refractivity (Wildman–Crippen MR) is 70.8 cm³/mol. The zero-order valence-electron chi connectivity index (χ0n) is 11.5. The lowest BCUT2D eigenvalue weighted by atomic mass is 9.82. The summed E-state index contributed by atoms with van der Waals surface area (Å²) in [5, 5.41) is 9.70. The molecule has 6 nitrogen and oxygen atoms in total. The fourth-order valence-corrected chi connectivity index (χ4v) is 3.43. The Kier molecular flexibility index (Phi) is 3.26. The van der Waals surface area contributed by atoms with Crippen LogP contribution < -0.4 is 5.32 Å². The van der Waals surface area contributed by atoms with Gasteiger partial charge in [-0.25, -0.2) is 4.98 Å². The maximum atomic E-state index is 12.1. The first kappa shape index (κ1) is 12.6. The summed E-state index contributed by atoms with van der Waals surface area (Å²) < 4.78 is 0. The van der Waals surface area contributed by atoms with Crippen molar-refractivity contribution in [2.75, 3.05) is 7.05 Å². The third-order valence-electron chi connectivity index (χ3n) is 4.48. The molecule has 2 N–H and O–H groups in total. The van der Waals surface area contributed by atoms with Crippen LogP contribution in [0.25, 0.3) is 0 Å². The molecule has 1 aromatic rings. The van der Waals surface area contributed by atoms with E-state index in [9.17, 15) is 4.79 Å². The minimum atomic E-state index is -0.156. The van der Waals surface area contributed by atoms with Crippen molar-refractivity contribution in [3.05, 3.63) is 11.6 Å². The Balaban J connectivity index is 1.63. The highest BCUT2D eigenvalue weighted by Crippen LogP contribution is 2.32. The summed E-state index contributed by atoms with van der Waals surface area (Å²) in [6.45, 7) is 1.80. The fourth-order valence-electron chi connectivity index (χ4n) is 3.43. The molecule has 0 aromatic carbocycles. The van der Waals surface area contributed by atoms with Crippen molar-refractivity contribution in [3.63, 3.8) is 0 Å². The molecule has 2 saturated heterocycles. The molecule has 19 heavy (non-hydrogen) atoms. The molecule has 0 aliphatic carbocycles. The Hall–Kier alpha value is -1.43. The second kappa shape index (κ2) is 4.92. The standard InChI is InChI=1S/C13H21N5O/c1-8-14-12(17-16-8)13(19)15-9-6-10-4-3-5-11(7-9)18(10)2/h9-11H,3-7H2,1-2H3,(H,15,19)(H,14,16,17). The van der Waals surface area contributed by atoms with Gasteiger partial charge in [-0.3, -0.25) is 9.89 Å². The summed E-state index contributed by atoms with van der Waals surface area (Å²) in [6, 6.07) is 1.50. The number of nitrogens with one attached hydrogen (secondary N) is 2. The maximum Gasteiger partial charge on any atom is 0.291 e. The summed E-state index contributed by atoms with van der Waals surface area (Å²) in [5.41, 5.74) is 0. The fraction of sp³-hybridized carbons (Fsp3) is 0.769. The smallest absolute Gasteiger partial charge is 0.291 e. The van der Waals surface area contributed by atoms with Crippen LogP contribution in [0.1, 0.15) is 48.5 Å².